The van der Waals surface area contributed by atoms with Gasteiger partial charge in [-0.25, -0.2) is 4.79 Å². The van der Waals surface area contributed by atoms with Crippen LogP contribution in [0.5, 0.6) is 0 Å². The number of unbranched alkanes of at least 4 members (excludes halogenated alkanes) is 6. The van der Waals surface area contributed by atoms with Gasteiger partial charge in [0, 0.05) is 6.08 Å². The van der Waals surface area contributed by atoms with Gasteiger partial charge in [0.15, 0.2) is 0 Å². The zero-order valence-corrected chi connectivity index (χ0v) is 14.4. The average molecular weight is 320 g/mol. The van der Waals surface area contributed by atoms with Crippen molar-refractivity contribution in [3.05, 3.63) is 48.6 Å². The molecular formula is C20H32O3. The summed E-state index contributed by atoms with van der Waals surface area (Å²) in [6, 6.07) is 0. The van der Waals surface area contributed by atoms with Crippen LogP contribution in [0.4, 0.5) is 0 Å². The van der Waals surface area contributed by atoms with E-state index >= 15 is 0 Å². The van der Waals surface area contributed by atoms with Crippen molar-refractivity contribution in [2.24, 2.45) is 0 Å². The number of carboxylic acid groups (broad SMARTS) is 1. The first kappa shape index (κ1) is 21.4. The molecule has 0 aliphatic heterocycles. The van der Waals surface area contributed by atoms with E-state index in [1.807, 2.05) is 25.2 Å². The summed E-state index contributed by atoms with van der Waals surface area (Å²) >= 11 is 0. The van der Waals surface area contributed by atoms with E-state index in [-0.39, 0.29) is 6.10 Å². The molecule has 0 aliphatic rings. The van der Waals surface area contributed by atoms with Crippen molar-refractivity contribution < 1.29 is 15.0 Å². The largest absolute Gasteiger partial charge is 0.478 e. The lowest BCUT2D eigenvalue weighted by Crippen LogP contribution is -2.03. The van der Waals surface area contributed by atoms with Crippen LogP contribution in [0.1, 0.15) is 64.7 Å². The van der Waals surface area contributed by atoms with Crippen LogP contribution < -0.4 is 0 Å². The molecule has 130 valence electrons. The summed E-state index contributed by atoms with van der Waals surface area (Å²) in [5.74, 6) is -0.933. The third-order valence-electron chi connectivity index (χ3n) is 3.56. The first-order chi connectivity index (χ1) is 11.2. The molecule has 0 aliphatic carbocycles. The maximum Gasteiger partial charge on any atom is 0.328 e. The summed E-state index contributed by atoms with van der Waals surface area (Å²) in [4.78, 5) is 10.2. The number of aliphatic hydroxyl groups is 1. The molecule has 0 radical (unpaired) electrons. The lowest BCUT2D eigenvalue weighted by Gasteiger charge is -2.06. The molecule has 0 heterocycles. The molecule has 0 aromatic heterocycles. The fourth-order valence-corrected chi connectivity index (χ4v) is 2.12. The molecular weight excluding hydrogens is 288 g/mol. The van der Waals surface area contributed by atoms with E-state index in [0.717, 1.165) is 31.8 Å². The van der Waals surface area contributed by atoms with Crippen LogP contribution in [0.2, 0.25) is 0 Å². The van der Waals surface area contributed by atoms with Crippen molar-refractivity contribution >= 4 is 5.97 Å². The molecule has 0 spiro atoms. The standard InChI is InChI=1S/C20H32O3/c1-2-19(21)17-15-13-11-9-7-5-3-4-6-8-10-12-14-16-18-20(22)23/h4,6,8,10,12,14,16,18-19,21H,2-3,5,7,9,11,13,15,17H2,1H3,(H,22,23). The monoisotopic (exact) mass is 320 g/mol. The summed E-state index contributed by atoms with van der Waals surface area (Å²) < 4.78 is 0. The Labute approximate surface area is 141 Å². The van der Waals surface area contributed by atoms with Gasteiger partial charge in [-0.05, 0) is 25.7 Å². The number of carboxylic acids is 1. The third-order valence-corrected chi connectivity index (χ3v) is 3.56. The van der Waals surface area contributed by atoms with Crippen molar-refractivity contribution in [3.8, 4) is 0 Å². The van der Waals surface area contributed by atoms with E-state index in [9.17, 15) is 9.90 Å². The fourth-order valence-electron chi connectivity index (χ4n) is 2.12. The van der Waals surface area contributed by atoms with Crippen molar-refractivity contribution in [3.63, 3.8) is 0 Å². The number of aliphatic hydroxyl groups excluding tert-OH is 1. The first-order valence-corrected chi connectivity index (χ1v) is 8.74. The van der Waals surface area contributed by atoms with Crippen LogP contribution in [0.3, 0.4) is 0 Å². The zero-order valence-electron chi connectivity index (χ0n) is 14.4. The van der Waals surface area contributed by atoms with Gasteiger partial charge in [-0.15, -0.1) is 0 Å². The fraction of sp³-hybridized carbons (Fsp3) is 0.550. The van der Waals surface area contributed by atoms with Crippen LogP contribution in [0.15, 0.2) is 48.6 Å². The van der Waals surface area contributed by atoms with E-state index < -0.39 is 5.97 Å². The lowest BCUT2D eigenvalue weighted by molar-refractivity contribution is -0.131. The van der Waals surface area contributed by atoms with Crippen LogP contribution in [0.25, 0.3) is 0 Å². The molecule has 1 unspecified atom stereocenters. The molecule has 0 saturated heterocycles. The Morgan fingerprint density at radius 3 is 2.09 bits per heavy atom. The van der Waals surface area contributed by atoms with Gasteiger partial charge in [0.2, 0.25) is 0 Å². The SMILES string of the molecule is CCC(O)CCCCCCCCC=CC=CC=CC=CC(=O)O. The van der Waals surface area contributed by atoms with E-state index in [4.69, 9.17) is 5.11 Å². The highest BCUT2D eigenvalue weighted by molar-refractivity contribution is 5.80. The molecule has 0 bridgehead atoms. The third kappa shape index (κ3) is 18.3. The Balaban J connectivity index is 3.39. The Kier molecular flexibility index (Phi) is 15.6. The highest BCUT2D eigenvalue weighted by Gasteiger charge is 1.99. The molecule has 3 heteroatoms. The minimum absolute atomic E-state index is 0.101. The highest BCUT2D eigenvalue weighted by Crippen LogP contribution is 2.11. The Bertz CT molecular complexity index is 392. The average Bonchev–Trinajstić information content (AvgIpc) is 2.53. The van der Waals surface area contributed by atoms with Crippen LogP contribution in [-0.4, -0.2) is 22.3 Å². The van der Waals surface area contributed by atoms with Gasteiger partial charge in [0.25, 0.3) is 0 Å². The first-order valence-electron chi connectivity index (χ1n) is 8.74. The Morgan fingerprint density at radius 1 is 0.870 bits per heavy atom. The van der Waals surface area contributed by atoms with Gasteiger partial charge >= 0.3 is 5.97 Å². The second kappa shape index (κ2) is 16.8. The van der Waals surface area contributed by atoms with E-state index in [1.165, 1.54) is 38.2 Å². The quantitative estimate of drug-likeness (QED) is 0.263. The number of hydrogen-bond donors (Lipinski definition) is 2. The molecule has 0 amide bonds. The van der Waals surface area contributed by atoms with Gasteiger partial charge in [-0.3, -0.25) is 0 Å². The summed E-state index contributed by atoms with van der Waals surface area (Å²) in [5, 5.41) is 17.8. The van der Waals surface area contributed by atoms with E-state index in [2.05, 4.69) is 6.08 Å². The second-order valence-electron chi connectivity index (χ2n) is 5.66. The number of rotatable bonds is 14. The molecule has 0 aromatic rings. The van der Waals surface area contributed by atoms with Gasteiger partial charge in [0.05, 0.1) is 6.10 Å². The predicted octanol–water partition coefficient (Wildman–Crippen LogP) is 5.19. The number of aliphatic carboxylic acids is 1. The normalized spacial score (nSPS) is 13.8. The van der Waals surface area contributed by atoms with Crippen LogP contribution in [-0.2, 0) is 4.79 Å². The Hall–Kier alpha value is -1.61. The lowest BCUT2D eigenvalue weighted by atomic mass is 10.1. The summed E-state index contributed by atoms with van der Waals surface area (Å²) in [6.45, 7) is 2.03. The van der Waals surface area contributed by atoms with E-state index in [1.54, 1.807) is 12.2 Å². The smallest absolute Gasteiger partial charge is 0.328 e. The maximum absolute atomic E-state index is 10.2. The maximum atomic E-state index is 10.2. The van der Waals surface area contributed by atoms with Crippen molar-refractivity contribution in [1.29, 1.82) is 0 Å². The molecule has 0 aromatic carbocycles. The Morgan fingerprint density at radius 2 is 1.43 bits per heavy atom. The second-order valence-corrected chi connectivity index (χ2v) is 5.66. The summed E-state index contributed by atoms with van der Waals surface area (Å²) in [7, 11) is 0. The zero-order chi connectivity index (χ0) is 17.2. The van der Waals surface area contributed by atoms with Crippen molar-refractivity contribution in [1.82, 2.24) is 0 Å². The van der Waals surface area contributed by atoms with Gasteiger partial charge < -0.3 is 10.2 Å². The molecule has 0 rings (SSSR count). The summed E-state index contributed by atoms with van der Waals surface area (Å²) in [5.41, 5.74) is 0. The van der Waals surface area contributed by atoms with Gasteiger partial charge in [-0.1, -0.05) is 81.6 Å². The minimum atomic E-state index is -0.933. The van der Waals surface area contributed by atoms with Crippen molar-refractivity contribution in [2.45, 2.75) is 70.8 Å². The van der Waals surface area contributed by atoms with E-state index in [0.29, 0.717) is 0 Å². The minimum Gasteiger partial charge on any atom is -0.478 e. The number of allylic oxidation sites excluding steroid dienone is 7. The molecule has 23 heavy (non-hydrogen) atoms. The van der Waals surface area contributed by atoms with Gasteiger partial charge in [0.1, 0.15) is 0 Å². The highest BCUT2D eigenvalue weighted by atomic mass is 16.4. The van der Waals surface area contributed by atoms with Crippen LogP contribution in [0, 0.1) is 0 Å². The van der Waals surface area contributed by atoms with Gasteiger partial charge in [-0.2, -0.15) is 0 Å². The molecule has 1 atom stereocenters. The number of hydrogen-bond acceptors (Lipinski definition) is 2. The molecule has 0 fully saturated rings. The number of carbonyl (C=O) groups is 1. The van der Waals surface area contributed by atoms with Crippen LogP contribution >= 0.6 is 0 Å². The molecule has 3 nitrogen and oxygen atoms in total. The topological polar surface area (TPSA) is 57.5 Å². The predicted molar refractivity (Wildman–Crippen MR) is 97.4 cm³/mol. The molecule has 2 N–H and O–H groups in total. The summed E-state index contributed by atoms with van der Waals surface area (Å²) in [6.07, 6.45) is 24.4. The molecule has 0 saturated carbocycles. The van der Waals surface area contributed by atoms with Crippen molar-refractivity contribution in [2.75, 3.05) is 0 Å².